The van der Waals surface area contributed by atoms with E-state index in [9.17, 15) is 9.13 Å². The summed E-state index contributed by atoms with van der Waals surface area (Å²) in [5.41, 5.74) is 6.60. The first-order valence-corrected chi connectivity index (χ1v) is 7.30. The molecule has 0 amide bonds. The molecule has 92 valence electrons. The van der Waals surface area contributed by atoms with Gasteiger partial charge in [-0.05, 0) is 0 Å². The minimum absolute atomic E-state index is 0.244. The van der Waals surface area contributed by atoms with Crippen LogP contribution >= 0.6 is 15.2 Å². The Bertz CT molecular complexity index is 278. The molecule has 0 bridgehead atoms. The van der Waals surface area contributed by atoms with Gasteiger partial charge in [-0.2, -0.15) is 0 Å². The van der Waals surface area contributed by atoms with E-state index in [1.54, 1.807) is 5.48 Å². The van der Waals surface area contributed by atoms with Crippen LogP contribution in [0.4, 0.5) is 0 Å². The molecule has 0 aliphatic carbocycles. The van der Waals surface area contributed by atoms with E-state index in [1.807, 2.05) is 0 Å². The number of nitrogens with two attached hydrogens (primary N) is 1. The quantitative estimate of drug-likeness (QED) is 0.240. The number of nitrogens with one attached hydrogen (secondary N) is 1. The van der Waals surface area contributed by atoms with Gasteiger partial charge in [0.2, 0.25) is 0 Å². The Morgan fingerprint density at radius 2 is 1.87 bits per heavy atom. The molecule has 0 fully saturated rings. The van der Waals surface area contributed by atoms with E-state index in [0.717, 1.165) is 0 Å². The second-order valence-electron chi connectivity index (χ2n) is 2.65. The average Bonchev–Trinajstić information content (AvgIpc) is 2.09. The SMILES string of the molecule is NCC(OP(=O)(O)CCNO)P(=O)(O)O. The molecule has 11 heteroatoms. The van der Waals surface area contributed by atoms with E-state index in [0.29, 0.717) is 0 Å². The number of hydrogen-bond donors (Lipinski definition) is 6. The van der Waals surface area contributed by atoms with Crippen LogP contribution in [0.3, 0.4) is 0 Å². The fraction of sp³-hybridized carbons (Fsp3) is 1.00. The molecule has 0 aliphatic rings. The van der Waals surface area contributed by atoms with E-state index in [4.69, 9.17) is 25.6 Å². The maximum Gasteiger partial charge on any atom is 0.355 e. The van der Waals surface area contributed by atoms with Gasteiger partial charge in [0.25, 0.3) is 0 Å². The van der Waals surface area contributed by atoms with Gasteiger partial charge in [0, 0.05) is 13.1 Å². The van der Waals surface area contributed by atoms with Gasteiger partial charge in [-0.1, -0.05) is 0 Å². The lowest BCUT2D eigenvalue weighted by Crippen LogP contribution is -2.24. The van der Waals surface area contributed by atoms with Gasteiger partial charge in [0.15, 0.2) is 5.85 Å². The third-order valence-corrected chi connectivity index (χ3v) is 3.97. The highest BCUT2D eigenvalue weighted by molar-refractivity contribution is 7.56. The summed E-state index contributed by atoms with van der Waals surface area (Å²) in [4.78, 5) is 26.4. The van der Waals surface area contributed by atoms with E-state index < -0.39 is 33.7 Å². The lowest BCUT2D eigenvalue weighted by atomic mass is 10.7. The smallest absolute Gasteiger partial charge is 0.327 e. The molecule has 0 radical (unpaired) electrons. The summed E-state index contributed by atoms with van der Waals surface area (Å²) < 4.78 is 26.2. The second kappa shape index (κ2) is 6.05. The molecule has 2 atom stereocenters. The first kappa shape index (κ1) is 15.2. The predicted octanol–water partition coefficient (Wildman–Crippen LogP) is -1.37. The third-order valence-electron chi connectivity index (χ3n) is 1.37. The van der Waals surface area contributed by atoms with Gasteiger partial charge in [-0.15, -0.1) is 0 Å². The third kappa shape index (κ3) is 6.36. The van der Waals surface area contributed by atoms with Crippen molar-refractivity contribution in [2.75, 3.05) is 19.3 Å². The average molecular weight is 264 g/mol. The van der Waals surface area contributed by atoms with E-state index in [-0.39, 0.29) is 6.54 Å². The van der Waals surface area contributed by atoms with Crippen LogP contribution in [0.2, 0.25) is 0 Å². The molecular formula is C4H14N2O7P2. The predicted molar refractivity (Wildman–Crippen MR) is 50.5 cm³/mol. The zero-order chi connectivity index (χ0) is 12.1. The van der Waals surface area contributed by atoms with Crippen molar-refractivity contribution in [3.8, 4) is 0 Å². The Hall–Kier alpha value is 0.180. The molecule has 2 unspecified atom stereocenters. The summed E-state index contributed by atoms with van der Waals surface area (Å²) in [6.07, 6.45) is -0.486. The topological polar surface area (TPSA) is 162 Å². The Morgan fingerprint density at radius 3 is 2.20 bits per heavy atom. The lowest BCUT2D eigenvalue weighted by molar-refractivity contribution is 0.166. The van der Waals surface area contributed by atoms with Crippen molar-refractivity contribution < 1.29 is 33.5 Å². The standard InChI is InChI=1S/C4H14N2O7P2/c5-3-4(15(10,11)12)13-14(8,9)2-1-6-7/h4,6-7H,1-3,5H2,(H,8,9)(H2,10,11,12). The normalized spacial score (nSPS) is 18.5. The monoisotopic (exact) mass is 264 g/mol. The molecule has 7 N–H and O–H groups in total. The lowest BCUT2D eigenvalue weighted by Gasteiger charge is -2.20. The van der Waals surface area contributed by atoms with Gasteiger partial charge < -0.3 is 25.6 Å². The van der Waals surface area contributed by atoms with Crippen molar-refractivity contribution in [3.05, 3.63) is 0 Å². The summed E-state index contributed by atoms with van der Waals surface area (Å²) in [6, 6.07) is 0. The van der Waals surface area contributed by atoms with Crippen LogP contribution in [0, 0.1) is 0 Å². The van der Waals surface area contributed by atoms with E-state index in [2.05, 4.69) is 4.52 Å². The molecule has 0 aliphatic heterocycles. The van der Waals surface area contributed by atoms with E-state index >= 15 is 0 Å². The van der Waals surface area contributed by atoms with Crippen molar-refractivity contribution in [1.29, 1.82) is 0 Å². The number of hydroxylamine groups is 1. The highest BCUT2D eigenvalue weighted by Crippen LogP contribution is 2.51. The Morgan fingerprint density at radius 1 is 1.33 bits per heavy atom. The van der Waals surface area contributed by atoms with Crippen LogP contribution in [0.5, 0.6) is 0 Å². The molecule has 0 saturated heterocycles. The Labute approximate surface area is 85.9 Å². The molecule has 9 nitrogen and oxygen atoms in total. The van der Waals surface area contributed by atoms with Crippen LogP contribution in [-0.4, -0.2) is 45.0 Å². The van der Waals surface area contributed by atoms with Gasteiger partial charge in [0.05, 0.1) is 6.16 Å². The largest absolute Gasteiger partial charge is 0.355 e. The Balaban J connectivity index is 4.41. The first-order chi connectivity index (χ1) is 6.73. The molecule has 0 aromatic heterocycles. The number of rotatable bonds is 7. The van der Waals surface area contributed by atoms with Crippen LogP contribution in [0.15, 0.2) is 0 Å². The van der Waals surface area contributed by atoms with Crippen LogP contribution in [0.1, 0.15) is 0 Å². The van der Waals surface area contributed by atoms with Gasteiger partial charge in [0.1, 0.15) is 0 Å². The van der Waals surface area contributed by atoms with Crippen molar-refractivity contribution in [3.63, 3.8) is 0 Å². The fourth-order valence-corrected chi connectivity index (χ4v) is 2.84. The summed E-state index contributed by atoms with van der Waals surface area (Å²) in [6.45, 7) is -0.826. The fourth-order valence-electron chi connectivity index (χ4n) is 0.676. The van der Waals surface area contributed by atoms with Gasteiger partial charge in [-0.3, -0.25) is 13.7 Å². The second-order valence-corrected chi connectivity index (χ2v) is 6.34. The molecule has 0 aromatic rings. The highest BCUT2D eigenvalue weighted by Gasteiger charge is 2.35. The minimum Gasteiger partial charge on any atom is -0.327 e. The zero-order valence-electron chi connectivity index (χ0n) is 7.68. The minimum atomic E-state index is -4.67. The highest BCUT2D eigenvalue weighted by atomic mass is 31.2. The summed E-state index contributed by atoms with van der Waals surface area (Å²) in [5, 5.41) is 8.16. The molecular weight excluding hydrogens is 250 g/mol. The molecule has 0 aromatic carbocycles. The molecule has 0 rings (SSSR count). The van der Waals surface area contributed by atoms with Crippen LogP contribution < -0.4 is 11.2 Å². The molecule has 0 spiro atoms. The maximum absolute atomic E-state index is 11.2. The zero-order valence-corrected chi connectivity index (χ0v) is 9.47. The van der Waals surface area contributed by atoms with Gasteiger partial charge in [-0.25, -0.2) is 5.48 Å². The summed E-state index contributed by atoms with van der Waals surface area (Å²) in [5.74, 6) is -1.81. The molecule has 15 heavy (non-hydrogen) atoms. The van der Waals surface area contributed by atoms with Crippen LogP contribution in [0.25, 0.3) is 0 Å². The Kier molecular flexibility index (Phi) is 6.12. The molecule has 0 saturated carbocycles. The van der Waals surface area contributed by atoms with Crippen LogP contribution in [-0.2, 0) is 13.7 Å². The van der Waals surface area contributed by atoms with Crippen molar-refractivity contribution >= 4 is 15.2 Å². The maximum atomic E-state index is 11.2. The van der Waals surface area contributed by atoms with Gasteiger partial charge >= 0.3 is 15.2 Å². The van der Waals surface area contributed by atoms with E-state index in [1.165, 1.54) is 0 Å². The van der Waals surface area contributed by atoms with Crippen molar-refractivity contribution in [2.45, 2.75) is 5.85 Å². The number of hydrogen-bond acceptors (Lipinski definition) is 6. The summed E-state index contributed by atoms with van der Waals surface area (Å²) >= 11 is 0. The molecule has 0 heterocycles. The summed E-state index contributed by atoms with van der Waals surface area (Å²) in [7, 11) is -8.84. The first-order valence-electron chi connectivity index (χ1n) is 3.85. The van der Waals surface area contributed by atoms with Crippen molar-refractivity contribution in [2.24, 2.45) is 5.73 Å². The van der Waals surface area contributed by atoms with Crippen molar-refractivity contribution in [1.82, 2.24) is 5.48 Å².